The SMILES string of the molecule is COc1cccc2c1CCC2(N)C(=O)Nc1cccc(C)n1. The van der Waals surface area contributed by atoms with Crippen LogP contribution in [0.3, 0.4) is 0 Å². The zero-order valence-corrected chi connectivity index (χ0v) is 12.7. The smallest absolute Gasteiger partial charge is 0.250 e. The lowest BCUT2D eigenvalue weighted by molar-refractivity contribution is -0.121. The molecule has 3 rings (SSSR count). The van der Waals surface area contributed by atoms with Gasteiger partial charge in [0.2, 0.25) is 5.91 Å². The van der Waals surface area contributed by atoms with Crippen molar-refractivity contribution < 1.29 is 9.53 Å². The van der Waals surface area contributed by atoms with Crippen LogP contribution in [0.1, 0.15) is 23.2 Å². The van der Waals surface area contributed by atoms with Crippen LogP contribution in [0, 0.1) is 6.92 Å². The van der Waals surface area contributed by atoms with Crippen LogP contribution in [-0.2, 0) is 16.8 Å². The first-order valence-corrected chi connectivity index (χ1v) is 7.25. The van der Waals surface area contributed by atoms with Crippen LogP contribution in [0.15, 0.2) is 36.4 Å². The maximum atomic E-state index is 12.7. The number of benzene rings is 1. The summed E-state index contributed by atoms with van der Waals surface area (Å²) in [6.07, 6.45) is 1.28. The standard InChI is InChI=1S/C17H19N3O2/c1-11-5-3-8-15(19-11)20-16(21)17(18)10-9-12-13(17)6-4-7-14(12)22-2/h3-8H,9-10,18H2,1-2H3,(H,19,20,21). The first-order chi connectivity index (χ1) is 10.5. The molecule has 114 valence electrons. The second-order valence-corrected chi connectivity index (χ2v) is 5.58. The van der Waals surface area contributed by atoms with Crippen molar-refractivity contribution >= 4 is 11.7 Å². The molecular formula is C17H19N3O2. The predicted molar refractivity (Wildman–Crippen MR) is 84.8 cm³/mol. The van der Waals surface area contributed by atoms with Gasteiger partial charge in [0.15, 0.2) is 0 Å². The molecule has 1 aromatic carbocycles. The van der Waals surface area contributed by atoms with Crippen LogP contribution >= 0.6 is 0 Å². The molecule has 1 aromatic heterocycles. The molecule has 0 radical (unpaired) electrons. The molecule has 1 atom stereocenters. The summed E-state index contributed by atoms with van der Waals surface area (Å²) in [5.41, 5.74) is 8.07. The molecule has 0 saturated carbocycles. The molecule has 0 aliphatic heterocycles. The van der Waals surface area contributed by atoms with E-state index in [1.54, 1.807) is 13.2 Å². The number of carbonyl (C=O) groups excluding carboxylic acids is 1. The van der Waals surface area contributed by atoms with E-state index < -0.39 is 5.54 Å². The summed E-state index contributed by atoms with van der Waals surface area (Å²) in [4.78, 5) is 17.0. The normalized spacial score (nSPS) is 19.6. The van der Waals surface area contributed by atoms with E-state index in [9.17, 15) is 4.79 Å². The van der Waals surface area contributed by atoms with E-state index in [1.165, 1.54) is 0 Å². The van der Waals surface area contributed by atoms with E-state index in [-0.39, 0.29) is 5.91 Å². The van der Waals surface area contributed by atoms with E-state index in [1.807, 2.05) is 37.3 Å². The summed E-state index contributed by atoms with van der Waals surface area (Å²) < 4.78 is 5.36. The van der Waals surface area contributed by atoms with E-state index in [0.29, 0.717) is 12.2 Å². The summed E-state index contributed by atoms with van der Waals surface area (Å²) in [7, 11) is 1.63. The topological polar surface area (TPSA) is 77.2 Å². The van der Waals surface area contributed by atoms with Gasteiger partial charge in [-0.2, -0.15) is 0 Å². The fourth-order valence-corrected chi connectivity index (χ4v) is 2.97. The monoisotopic (exact) mass is 297 g/mol. The van der Waals surface area contributed by atoms with Crippen LogP contribution < -0.4 is 15.8 Å². The fraction of sp³-hybridized carbons (Fsp3) is 0.294. The molecule has 22 heavy (non-hydrogen) atoms. The third kappa shape index (κ3) is 2.33. The number of hydrogen-bond acceptors (Lipinski definition) is 4. The van der Waals surface area contributed by atoms with Gasteiger partial charge < -0.3 is 15.8 Å². The number of ether oxygens (including phenoxy) is 1. The Kier molecular flexibility index (Phi) is 3.58. The number of nitrogens with one attached hydrogen (secondary N) is 1. The van der Waals surface area contributed by atoms with Crippen LogP contribution in [0.5, 0.6) is 5.75 Å². The Morgan fingerprint density at radius 2 is 2.09 bits per heavy atom. The molecule has 0 fully saturated rings. The van der Waals surface area contributed by atoms with Crippen molar-refractivity contribution in [3.63, 3.8) is 0 Å². The van der Waals surface area contributed by atoms with E-state index in [0.717, 1.165) is 29.0 Å². The molecule has 0 saturated heterocycles. The van der Waals surface area contributed by atoms with Crippen LogP contribution in [0.4, 0.5) is 5.82 Å². The molecule has 1 unspecified atom stereocenters. The molecular weight excluding hydrogens is 278 g/mol. The number of aryl methyl sites for hydroxylation is 1. The molecule has 1 heterocycles. The predicted octanol–water partition coefficient (Wildman–Crippen LogP) is 2.14. The molecule has 1 aliphatic rings. The van der Waals surface area contributed by atoms with Crippen molar-refractivity contribution in [1.82, 2.24) is 4.98 Å². The van der Waals surface area contributed by atoms with E-state index in [4.69, 9.17) is 10.5 Å². The number of nitrogens with zero attached hydrogens (tertiary/aromatic N) is 1. The number of pyridine rings is 1. The van der Waals surface area contributed by atoms with Gasteiger partial charge >= 0.3 is 0 Å². The number of fused-ring (bicyclic) bond motifs is 1. The van der Waals surface area contributed by atoms with Gasteiger partial charge in [0.1, 0.15) is 17.1 Å². The second kappa shape index (κ2) is 5.42. The zero-order valence-electron chi connectivity index (χ0n) is 12.7. The van der Waals surface area contributed by atoms with Crippen molar-refractivity contribution in [1.29, 1.82) is 0 Å². The summed E-state index contributed by atoms with van der Waals surface area (Å²) in [5.74, 6) is 1.06. The maximum Gasteiger partial charge on any atom is 0.250 e. The highest BCUT2D eigenvalue weighted by molar-refractivity contribution is 5.99. The third-order valence-electron chi connectivity index (χ3n) is 4.14. The Labute approximate surface area is 129 Å². The van der Waals surface area contributed by atoms with Gasteiger partial charge in [0, 0.05) is 5.69 Å². The van der Waals surface area contributed by atoms with Crippen molar-refractivity contribution in [3.8, 4) is 5.75 Å². The molecule has 1 aliphatic carbocycles. The number of anilines is 1. The highest BCUT2D eigenvalue weighted by atomic mass is 16.5. The minimum atomic E-state index is -1.05. The molecule has 3 N–H and O–H groups in total. The molecule has 2 aromatic rings. The Hall–Kier alpha value is -2.40. The van der Waals surface area contributed by atoms with Gasteiger partial charge in [-0.1, -0.05) is 18.2 Å². The quantitative estimate of drug-likeness (QED) is 0.910. The van der Waals surface area contributed by atoms with E-state index >= 15 is 0 Å². The lowest BCUT2D eigenvalue weighted by Gasteiger charge is -2.24. The van der Waals surface area contributed by atoms with E-state index in [2.05, 4.69) is 10.3 Å². The molecule has 1 amide bonds. The number of nitrogens with two attached hydrogens (primary N) is 1. The van der Waals surface area contributed by atoms with Gasteiger partial charge in [-0.15, -0.1) is 0 Å². The number of aromatic nitrogens is 1. The Balaban J connectivity index is 1.91. The van der Waals surface area contributed by atoms with Gasteiger partial charge in [0.05, 0.1) is 7.11 Å². The Morgan fingerprint density at radius 1 is 1.32 bits per heavy atom. The Bertz CT molecular complexity index is 730. The number of carbonyl (C=O) groups is 1. The maximum absolute atomic E-state index is 12.7. The molecule has 0 spiro atoms. The molecule has 0 bridgehead atoms. The van der Waals surface area contributed by atoms with Gasteiger partial charge in [-0.05, 0) is 49.1 Å². The average molecular weight is 297 g/mol. The number of hydrogen-bond donors (Lipinski definition) is 2. The zero-order chi connectivity index (χ0) is 15.7. The average Bonchev–Trinajstić information content (AvgIpc) is 2.86. The molecule has 5 heteroatoms. The van der Waals surface area contributed by atoms with Gasteiger partial charge in [-0.25, -0.2) is 4.98 Å². The highest BCUT2D eigenvalue weighted by Crippen LogP contribution is 2.40. The summed E-state index contributed by atoms with van der Waals surface area (Å²) >= 11 is 0. The summed E-state index contributed by atoms with van der Waals surface area (Å²) in [6.45, 7) is 1.88. The first kappa shape index (κ1) is 14.5. The third-order valence-corrected chi connectivity index (χ3v) is 4.14. The van der Waals surface area contributed by atoms with Crippen LogP contribution in [-0.4, -0.2) is 18.0 Å². The van der Waals surface area contributed by atoms with Crippen molar-refractivity contribution in [2.75, 3.05) is 12.4 Å². The van der Waals surface area contributed by atoms with Crippen molar-refractivity contribution in [2.45, 2.75) is 25.3 Å². The van der Waals surface area contributed by atoms with Crippen LogP contribution in [0.25, 0.3) is 0 Å². The highest BCUT2D eigenvalue weighted by Gasteiger charge is 2.43. The minimum Gasteiger partial charge on any atom is -0.496 e. The number of amides is 1. The van der Waals surface area contributed by atoms with Crippen molar-refractivity contribution in [3.05, 3.63) is 53.2 Å². The lowest BCUT2D eigenvalue weighted by Crippen LogP contribution is -2.46. The first-order valence-electron chi connectivity index (χ1n) is 7.25. The largest absolute Gasteiger partial charge is 0.496 e. The van der Waals surface area contributed by atoms with Gasteiger partial charge in [0.25, 0.3) is 0 Å². The number of rotatable bonds is 3. The lowest BCUT2D eigenvalue weighted by atomic mass is 9.92. The summed E-state index contributed by atoms with van der Waals surface area (Å²) in [6, 6.07) is 11.1. The Morgan fingerprint density at radius 3 is 2.82 bits per heavy atom. The fourth-order valence-electron chi connectivity index (χ4n) is 2.97. The second-order valence-electron chi connectivity index (χ2n) is 5.58. The van der Waals surface area contributed by atoms with Crippen molar-refractivity contribution in [2.24, 2.45) is 5.73 Å². The minimum absolute atomic E-state index is 0.238. The van der Waals surface area contributed by atoms with Gasteiger partial charge in [-0.3, -0.25) is 4.79 Å². The molecule has 5 nitrogen and oxygen atoms in total. The summed E-state index contributed by atoms with van der Waals surface area (Å²) in [5, 5.41) is 2.83. The van der Waals surface area contributed by atoms with Crippen LogP contribution in [0.2, 0.25) is 0 Å². The number of methoxy groups -OCH3 is 1.